The quantitative estimate of drug-likeness (QED) is 0.0279. The number of aliphatic carboxylic acids is 4. The molecule has 40 nitrogen and oxygen atoms in total. The number of hydrogen-bond donors (Lipinski definition) is 20. The van der Waals surface area contributed by atoms with Crippen LogP contribution in [-0.4, -0.2) is 464 Å². The molecule has 672 valence electrons. The summed E-state index contributed by atoms with van der Waals surface area (Å²) in [5, 5.41) is 233. The van der Waals surface area contributed by atoms with Gasteiger partial charge in [-0.25, -0.2) is 0 Å². The third kappa shape index (κ3) is 25.9. The molecule has 19 rings (SSSR count). The van der Waals surface area contributed by atoms with Crippen molar-refractivity contribution in [1.29, 1.82) is 0 Å². The summed E-state index contributed by atoms with van der Waals surface area (Å²) in [4.78, 5) is 47.0. The van der Waals surface area contributed by atoms with Gasteiger partial charge in [-0.1, -0.05) is 27.7 Å². The van der Waals surface area contributed by atoms with Crippen LogP contribution >= 0.6 is 94.1 Å². The molecule has 0 spiro atoms. The molecule has 19 aliphatic heterocycles. The highest BCUT2D eigenvalue weighted by Crippen LogP contribution is 2.43. The van der Waals surface area contributed by atoms with Crippen molar-refractivity contribution in [2.24, 2.45) is 0 Å². The first-order valence-corrected chi connectivity index (χ1v) is 47.4. The highest BCUT2D eigenvalue weighted by molar-refractivity contribution is 8.00. The number of rotatable bonds is 32. The molecule has 48 heteroatoms. The van der Waals surface area contributed by atoms with Gasteiger partial charge in [0.15, 0.2) is 50.3 Å². The Kier molecular flexibility index (Phi) is 40.9. The maximum Gasteiger partial charge on any atom is 0.304 e. The molecule has 16 bridgehead atoms. The van der Waals surface area contributed by atoms with Gasteiger partial charge in [-0.2, -0.15) is 94.1 Å². The molecule has 116 heavy (non-hydrogen) atoms. The summed E-state index contributed by atoms with van der Waals surface area (Å²) in [7, 11) is 0. The largest absolute Gasteiger partial charge is 0.481 e. The number of aliphatic hydroxyl groups is 16. The van der Waals surface area contributed by atoms with Crippen molar-refractivity contribution in [1.82, 2.24) is 0 Å². The normalized spacial score (nSPS) is 44.7. The maximum absolute atomic E-state index is 12.3. The van der Waals surface area contributed by atoms with Gasteiger partial charge in [0.25, 0.3) is 0 Å². The molecular weight excluding hydrogens is 1710 g/mol. The van der Waals surface area contributed by atoms with Crippen molar-refractivity contribution in [2.75, 3.05) is 92.0 Å². The van der Waals surface area contributed by atoms with Gasteiger partial charge in [0.2, 0.25) is 0 Å². The Labute approximate surface area is 701 Å². The zero-order chi connectivity index (χ0) is 84.5. The van der Waals surface area contributed by atoms with Crippen molar-refractivity contribution in [2.45, 2.75) is 299 Å². The fourth-order valence-electron chi connectivity index (χ4n) is 14.2. The zero-order valence-electron chi connectivity index (χ0n) is 63.6. The van der Waals surface area contributed by atoms with Gasteiger partial charge in [0, 0.05) is 69.0 Å². The van der Waals surface area contributed by atoms with Crippen LogP contribution in [0.5, 0.6) is 0 Å². The highest BCUT2D eigenvalue weighted by Gasteiger charge is 2.61. The van der Waals surface area contributed by atoms with Gasteiger partial charge in [0.05, 0.1) is 74.5 Å². The van der Waals surface area contributed by atoms with Crippen molar-refractivity contribution in [3.8, 4) is 0 Å². The average molecular weight is 1830 g/mol. The topological polar surface area (TPSA) is 621 Å². The summed E-state index contributed by atoms with van der Waals surface area (Å²) < 4.78 is 101. The molecule has 16 unspecified atom stereocenters. The summed E-state index contributed by atoms with van der Waals surface area (Å²) in [6.07, 6.45) is -76.1. The maximum atomic E-state index is 12.3. The molecule has 0 saturated carbocycles. The molecule has 0 amide bonds. The Bertz CT molecular complexity index is 2950. The molecule has 0 radical (unpaired) electrons. The van der Waals surface area contributed by atoms with Crippen LogP contribution in [0.3, 0.4) is 0 Å². The standard InChI is InChI=1S/C68H112O40S8/c1-5-109-17-25-37(77)60-52(92)68(93-25)107-55-28(20-112-8-4)95-61(46(86)39(55)79)101-53-26(18-110-6-2)94-62(45(85)38(53)78)103-56-29(21-113-13-9-33(69)70)98-64(48(88)41(56)81)105-58-31(23-115-15-11-35(73)74)100-66(50(90)43(58)83)106-59-32(24-116-16-12-36(75)76)99-65(49(89)42(59)82)104-57-30(22-114-14-10-34(71)72)97-63(47(87)40(57)80)102-54-27(19-111-7-3)96-67(108-60)51(91)44(54)84/h25-32,37-68,77-92H,5-24H2,1-4H3,(H,69,70)(H,71,72)(H,73,74)(H,75,76)/t25?,26?,27?,28?,29?,30?,31?,32?,37-,38-,39-,40?,41-,42-,43-,44-,45?,46?,47+,48?,49?,50?,51?,52?,53-,54-,55-,56-,57-,58-,59-,60+,61-,62-,63-,64-,65-,66-,67-,68+/m1/s1. The zero-order valence-corrected chi connectivity index (χ0v) is 70.1. The van der Waals surface area contributed by atoms with Gasteiger partial charge in [-0.05, 0) is 23.0 Å². The van der Waals surface area contributed by atoms with E-state index >= 15 is 0 Å². The lowest BCUT2D eigenvalue weighted by molar-refractivity contribution is -0.392. The smallest absolute Gasteiger partial charge is 0.304 e. The van der Waals surface area contributed by atoms with E-state index in [9.17, 15) is 121 Å². The summed E-state index contributed by atoms with van der Waals surface area (Å²) >= 11 is 8.93. The summed E-state index contributed by atoms with van der Waals surface area (Å²) in [5.74, 6) is -4.52. The summed E-state index contributed by atoms with van der Waals surface area (Å²) in [6.45, 7) is 7.22. The van der Waals surface area contributed by atoms with E-state index in [-0.39, 0.29) is 81.9 Å². The van der Waals surface area contributed by atoms with E-state index in [1.807, 2.05) is 13.8 Å². The van der Waals surface area contributed by atoms with E-state index in [1.54, 1.807) is 13.8 Å². The predicted molar refractivity (Wildman–Crippen MR) is 415 cm³/mol. The van der Waals surface area contributed by atoms with Gasteiger partial charge in [-0.3, -0.25) is 19.2 Å². The monoisotopic (exact) mass is 1820 g/mol. The van der Waals surface area contributed by atoms with Crippen LogP contribution in [0.4, 0.5) is 0 Å². The fraction of sp³-hybridized carbons (Fsp3) is 0.941. The second-order valence-electron chi connectivity index (χ2n) is 28.5. The van der Waals surface area contributed by atoms with Crippen LogP contribution in [0.1, 0.15) is 53.4 Å². The number of thioether (sulfide) groups is 8. The van der Waals surface area contributed by atoms with E-state index in [1.165, 1.54) is 47.0 Å². The molecule has 0 aliphatic carbocycles. The Morgan fingerprint density at radius 1 is 0.198 bits per heavy atom. The van der Waals surface area contributed by atoms with Crippen molar-refractivity contribution >= 4 is 118 Å². The first kappa shape index (κ1) is 99.2. The Morgan fingerprint density at radius 2 is 0.353 bits per heavy atom. The number of aliphatic hydroxyl groups excluding tert-OH is 16. The number of carboxylic acid groups (broad SMARTS) is 4. The second-order valence-corrected chi connectivity index (χ2v) is 38.4. The van der Waals surface area contributed by atoms with E-state index < -0.39 is 282 Å². The van der Waals surface area contributed by atoms with Crippen LogP contribution in [-0.2, 0) is 95.0 Å². The first-order chi connectivity index (χ1) is 55.3. The minimum atomic E-state index is -2.24. The SMILES string of the molecule is CCSCC1O[C@H]2O[C@@H]3C(CSCC)O[C@H](O[C@@H]4C(CSCC)O[C@H](O[C@@H]5C(CSCCC(=O)O)O[C@H](O[C@@H]6C(CSCCC(=O)O)O[C@H](O[C@@H]7C(CSCCC(=O)O)O[C@H](O[C@@H]8C(CSCCC(=O)O)O[C@H](O[C@@H]9C(CSCC)O[C@H](O[C@H](C2O)[C@@H]1O)C(O)[C@H]9O)[C@@H](O)C8O)C(O)[C@H]7O)C(O)[C@H]6O)C(O)[C@H]5O)C(O)[C@H]4O)C(O)[C@H]3O. The summed E-state index contributed by atoms with van der Waals surface area (Å²) in [5.41, 5.74) is 0. The number of carboxylic acids is 4. The van der Waals surface area contributed by atoms with E-state index in [2.05, 4.69) is 0 Å². The van der Waals surface area contributed by atoms with Crippen LogP contribution in [0.15, 0.2) is 0 Å². The minimum absolute atomic E-state index is 0.00370. The van der Waals surface area contributed by atoms with Crippen molar-refractivity contribution in [3.63, 3.8) is 0 Å². The van der Waals surface area contributed by atoms with Crippen molar-refractivity contribution < 1.29 is 197 Å². The van der Waals surface area contributed by atoms with Crippen LogP contribution < -0.4 is 0 Å². The number of ether oxygens (including phenoxy) is 16. The van der Waals surface area contributed by atoms with E-state index in [4.69, 9.17) is 75.8 Å². The Morgan fingerprint density at radius 3 is 0.534 bits per heavy atom. The molecule has 40 atom stereocenters. The van der Waals surface area contributed by atoms with Gasteiger partial charge in [-0.15, -0.1) is 0 Å². The third-order valence-electron chi connectivity index (χ3n) is 20.4. The molecular formula is C68H112O40S8. The number of hydrogen-bond acceptors (Lipinski definition) is 44. The van der Waals surface area contributed by atoms with E-state index in [0.717, 1.165) is 47.0 Å². The lowest BCUT2D eigenvalue weighted by atomic mass is 9.95. The molecule has 0 aromatic rings. The van der Waals surface area contributed by atoms with Crippen LogP contribution in [0.25, 0.3) is 0 Å². The molecule has 19 aliphatic rings. The van der Waals surface area contributed by atoms with Gasteiger partial charge < -0.3 is 178 Å². The number of fused-ring (bicyclic) bond motifs is 1. The van der Waals surface area contributed by atoms with Gasteiger partial charge in [0.1, 0.15) is 146 Å². The average Bonchev–Trinajstić information content (AvgIpc) is 0.774. The predicted octanol–water partition coefficient (Wildman–Crippen LogP) is -5.50. The Hall–Kier alpha value is -0.600. The molecule has 19 saturated heterocycles. The van der Waals surface area contributed by atoms with E-state index in [0.29, 0.717) is 23.0 Å². The summed E-state index contributed by atoms with van der Waals surface area (Å²) in [6, 6.07) is 0. The minimum Gasteiger partial charge on any atom is -0.481 e. The fourth-order valence-corrected chi connectivity index (χ4v) is 21.1. The highest BCUT2D eigenvalue weighted by atomic mass is 32.2. The van der Waals surface area contributed by atoms with Crippen molar-refractivity contribution in [3.05, 3.63) is 0 Å². The molecule has 0 aromatic heterocycles. The van der Waals surface area contributed by atoms with Crippen LogP contribution in [0.2, 0.25) is 0 Å². The lowest BCUT2D eigenvalue weighted by Gasteiger charge is -2.50. The second kappa shape index (κ2) is 47.8. The first-order valence-electron chi connectivity index (χ1n) is 38.2. The third-order valence-corrected chi connectivity index (χ3v) is 28.5. The Balaban J connectivity index is 1.09. The lowest BCUT2D eigenvalue weighted by Crippen LogP contribution is -2.68. The molecule has 0 aromatic carbocycles. The molecule has 19 heterocycles. The van der Waals surface area contributed by atoms with Crippen LogP contribution in [0, 0.1) is 0 Å². The molecule has 20 N–H and O–H groups in total. The van der Waals surface area contributed by atoms with Gasteiger partial charge >= 0.3 is 23.9 Å². The molecule has 19 fully saturated rings. The number of carbonyl (C=O) groups is 4.